The lowest BCUT2D eigenvalue weighted by molar-refractivity contribution is -0.139. The molecule has 2 atom stereocenters. The van der Waals surface area contributed by atoms with Crippen LogP contribution >= 0.6 is 15.9 Å². The summed E-state index contributed by atoms with van der Waals surface area (Å²) in [6.45, 7) is 6.55. The second kappa shape index (κ2) is 13.2. The molecule has 0 saturated carbocycles. The van der Waals surface area contributed by atoms with Crippen molar-refractivity contribution < 1.29 is 22.4 Å². The Kier molecular flexibility index (Phi) is 10.3. The first-order valence-electron chi connectivity index (χ1n) is 12.6. The number of rotatable bonds is 11. The van der Waals surface area contributed by atoms with Gasteiger partial charge in [-0.3, -0.25) is 13.9 Å². The van der Waals surface area contributed by atoms with E-state index >= 15 is 0 Å². The number of hydrogen-bond acceptors (Lipinski definition) is 4. The van der Waals surface area contributed by atoms with Crippen molar-refractivity contribution in [1.82, 2.24) is 10.2 Å². The molecule has 7 nitrogen and oxygen atoms in total. The lowest BCUT2D eigenvalue weighted by Gasteiger charge is -2.32. The van der Waals surface area contributed by atoms with Gasteiger partial charge in [-0.2, -0.15) is 0 Å². The topological polar surface area (TPSA) is 86.8 Å². The number of sulfonamides is 1. The summed E-state index contributed by atoms with van der Waals surface area (Å²) in [5.74, 6) is -1.81. The molecular formula is C29H33BrFN3O4S. The number of nitrogens with zero attached hydrogens (tertiary/aromatic N) is 2. The van der Waals surface area contributed by atoms with Crippen LogP contribution in [0.1, 0.15) is 38.3 Å². The number of benzene rings is 3. The van der Waals surface area contributed by atoms with E-state index in [0.717, 1.165) is 26.0 Å². The van der Waals surface area contributed by atoms with E-state index in [-0.39, 0.29) is 29.1 Å². The third-order valence-electron chi connectivity index (χ3n) is 6.42. The second-order valence-corrected chi connectivity index (χ2v) is 12.2. The van der Waals surface area contributed by atoms with Gasteiger partial charge in [-0.1, -0.05) is 64.8 Å². The zero-order valence-corrected chi connectivity index (χ0v) is 24.8. The summed E-state index contributed by atoms with van der Waals surface area (Å²) in [6, 6.07) is 17.7. The molecule has 2 amide bonds. The number of carbonyl (C=O) groups is 2. The first-order chi connectivity index (χ1) is 18.4. The van der Waals surface area contributed by atoms with Crippen LogP contribution in [0.25, 0.3) is 0 Å². The highest BCUT2D eigenvalue weighted by atomic mass is 79.9. The van der Waals surface area contributed by atoms with Gasteiger partial charge in [0.15, 0.2) is 0 Å². The molecule has 208 valence electrons. The average Bonchev–Trinajstić information content (AvgIpc) is 2.90. The highest BCUT2D eigenvalue weighted by Gasteiger charge is 2.33. The van der Waals surface area contributed by atoms with E-state index in [2.05, 4.69) is 21.2 Å². The summed E-state index contributed by atoms with van der Waals surface area (Å²) >= 11 is 3.42. The van der Waals surface area contributed by atoms with E-state index in [1.807, 2.05) is 39.0 Å². The highest BCUT2D eigenvalue weighted by molar-refractivity contribution is 9.10. The monoisotopic (exact) mass is 617 g/mol. The fourth-order valence-electron chi connectivity index (χ4n) is 3.88. The zero-order chi connectivity index (χ0) is 28.7. The summed E-state index contributed by atoms with van der Waals surface area (Å²) in [4.78, 5) is 28.2. The number of para-hydroxylation sites is 1. The predicted octanol–water partition coefficient (Wildman–Crippen LogP) is 5.42. The number of carbonyl (C=O) groups excluding carboxylic acids is 2. The predicted molar refractivity (Wildman–Crippen MR) is 154 cm³/mol. The van der Waals surface area contributed by atoms with Crippen molar-refractivity contribution in [1.29, 1.82) is 0 Å². The second-order valence-electron chi connectivity index (χ2n) is 9.42. The van der Waals surface area contributed by atoms with Crippen LogP contribution in [0.2, 0.25) is 0 Å². The van der Waals surface area contributed by atoms with E-state index in [9.17, 15) is 22.4 Å². The van der Waals surface area contributed by atoms with Gasteiger partial charge in [-0.05, 0) is 69.2 Å². The molecule has 0 heterocycles. The lowest BCUT2D eigenvalue weighted by Crippen LogP contribution is -2.52. The van der Waals surface area contributed by atoms with Gasteiger partial charge in [0.05, 0.1) is 10.6 Å². The van der Waals surface area contributed by atoms with Crippen LogP contribution in [0.3, 0.4) is 0 Å². The first-order valence-corrected chi connectivity index (χ1v) is 14.9. The Morgan fingerprint density at radius 1 is 1.00 bits per heavy atom. The van der Waals surface area contributed by atoms with Gasteiger partial charge in [-0.25, -0.2) is 12.8 Å². The van der Waals surface area contributed by atoms with Gasteiger partial charge in [-0.15, -0.1) is 0 Å². The molecule has 0 aliphatic carbocycles. The van der Waals surface area contributed by atoms with Gasteiger partial charge < -0.3 is 10.2 Å². The molecule has 3 aromatic carbocycles. The maximum absolute atomic E-state index is 15.0. The third kappa shape index (κ3) is 7.67. The smallest absolute Gasteiger partial charge is 0.264 e. The van der Waals surface area contributed by atoms with Crippen molar-refractivity contribution in [2.75, 3.05) is 10.8 Å². The van der Waals surface area contributed by atoms with Gasteiger partial charge in [0.25, 0.3) is 10.0 Å². The Bertz CT molecular complexity index is 1420. The number of halogens is 2. The Morgan fingerprint density at radius 3 is 2.28 bits per heavy atom. The molecule has 1 N–H and O–H groups in total. The molecule has 0 fully saturated rings. The van der Waals surface area contributed by atoms with Gasteiger partial charge >= 0.3 is 0 Å². The van der Waals surface area contributed by atoms with Crippen LogP contribution < -0.4 is 9.62 Å². The van der Waals surface area contributed by atoms with Crippen LogP contribution in [-0.4, -0.2) is 43.8 Å². The van der Waals surface area contributed by atoms with E-state index in [1.165, 1.54) is 35.2 Å². The molecule has 0 spiro atoms. The number of amides is 2. The normalized spacial score (nSPS) is 12.9. The minimum absolute atomic E-state index is 0.0447. The Labute approximate surface area is 238 Å². The fraction of sp³-hybridized carbons (Fsp3) is 0.310. The maximum atomic E-state index is 15.0. The third-order valence-corrected chi connectivity index (χ3v) is 8.69. The SMILES string of the molecule is CC[C@H](C)NC(=O)[C@H](C)N(Cc1cccc(Br)c1)C(=O)CN(c1ccccc1F)S(=O)(=O)c1ccc(C)cc1. The number of hydrogen-bond donors (Lipinski definition) is 1. The Hall–Kier alpha value is -3.24. The van der Waals surface area contributed by atoms with Crippen molar-refractivity contribution in [2.45, 2.75) is 57.6 Å². The lowest BCUT2D eigenvalue weighted by atomic mass is 10.1. The van der Waals surface area contributed by atoms with Crippen LogP contribution in [-0.2, 0) is 26.2 Å². The van der Waals surface area contributed by atoms with Crippen molar-refractivity contribution in [3.05, 3.63) is 94.2 Å². The zero-order valence-electron chi connectivity index (χ0n) is 22.4. The molecule has 0 aliphatic rings. The average molecular weight is 619 g/mol. The number of aryl methyl sites for hydroxylation is 1. The van der Waals surface area contributed by atoms with Crippen LogP contribution in [0.15, 0.2) is 82.2 Å². The number of nitrogens with one attached hydrogen (secondary N) is 1. The largest absolute Gasteiger partial charge is 0.352 e. The van der Waals surface area contributed by atoms with Crippen molar-refractivity contribution in [3.8, 4) is 0 Å². The Morgan fingerprint density at radius 2 is 1.67 bits per heavy atom. The summed E-state index contributed by atoms with van der Waals surface area (Å²) in [6.07, 6.45) is 0.702. The van der Waals surface area contributed by atoms with Crippen LogP contribution in [0, 0.1) is 12.7 Å². The summed E-state index contributed by atoms with van der Waals surface area (Å²) < 4.78 is 44.0. The number of anilines is 1. The van der Waals surface area contributed by atoms with Crippen molar-refractivity contribution in [2.24, 2.45) is 0 Å². The summed E-state index contributed by atoms with van der Waals surface area (Å²) in [5, 5.41) is 2.88. The minimum atomic E-state index is -4.33. The van der Waals surface area contributed by atoms with Crippen molar-refractivity contribution >= 4 is 43.5 Å². The molecule has 3 aromatic rings. The molecule has 3 rings (SSSR count). The van der Waals surface area contributed by atoms with E-state index in [4.69, 9.17) is 0 Å². The molecule has 0 radical (unpaired) electrons. The molecule has 0 aromatic heterocycles. The minimum Gasteiger partial charge on any atom is -0.352 e. The van der Waals surface area contributed by atoms with Crippen LogP contribution in [0.4, 0.5) is 10.1 Å². The fourth-order valence-corrected chi connectivity index (χ4v) is 5.75. The van der Waals surface area contributed by atoms with Crippen molar-refractivity contribution in [3.63, 3.8) is 0 Å². The van der Waals surface area contributed by atoms with Gasteiger partial charge in [0, 0.05) is 17.1 Å². The highest BCUT2D eigenvalue weighted by Crippen LogP contribution is 2.27. The molecule has 0 saturated heterocycles. The molecule has 0 aliphatic heterocycles. The molecule has 0 bridgehead atoms. The van der Waals surface area contributed by atoms with Gasteiger partial charge in [0.1, 0.15) is 18.4 Å². The Balaban J connectivity index is 2.04. The summed E-state index contributed by atoms with van der Waals surface area (Å²) in [7, 11) is -4.33. The molecule has 39 heavy (non-hydrogen) atoms. The van der Waals surface area contributed by atoms with E-state index in [1.54, 1.807) is 25.1 Å². The molecule has 10 heteroatoms. The molecule has 0 unspecified atom stereocenters. The quantitative estimate of drug-likeness (QED) is 0.311. The molecular weight excluding hydrogens is 585 g/mol. The van der Waals surface area contributed by atoms with Gasteiger partial charge in [0.2, 0.25) is 11.8 Å². The van der Waals surface area contributed by atoms with E-state index < -0.39 is 34.3 Å². The maximum Gasteiger partial charge on any atom is 0.264 e. The summed E-state index contributed by atoms with van der Waals surface area (Å²) in [5.41, 5.74) is 1.33. The first kappa shape index (κ1) is 30.3. The standard InChI is InChI=1S/C29H33BrFN3O4S/c1-5-21(3)32-29(36)22(4)33(18-23-9-8-10-24(30)17-23)28(35)19-34(27-12-7-6-11-26(27)31)39(37,38)25-15-13-20(2)14-16-25/h6-17,21-22H,5,18-19H2,1-4H3,(H,32,36)/t21-,22-/m0/s1. The van der Waals surface area contributed by atoms with Crippen LogP contribution in [0.5, 0.6) is 0 Å². The van der Waals surface area contributed by atoms with E-state index in [0.29, 0.717) is 6.42 Å².